The first-order valence-electron chi connectivity index (χ1n) is 5.66. The van der Waals surface area contributed by atoms with Crippen LogP contribution in [0.1, 0.15) is 5.56 Å². The molecule has 0 atom stereocenters. The van der Waals surface area contributed by atoms with Crippen LogP contribution in [-0.2, 0) is 6.18 Å². The van der Waals surface area contributed by atoms with Crippen LogP contribution in [0.25, 0.3) is 0 Å². The average molecular weight is 317 g/mol. The maximum Gasteiger partial charge on any atom is 0.416 e. The molecule has 2 aromatic rings. The molecule has 0 unspecified atom stereocenters. The minimum atomic E-state index is -4.59. The number of hydrogen-bond donors (Lipinski definition) is 1. The summed E-state index contributed by atoms with van der Waals surface area (Å²) in [4.78, 5) is 10.1. The van der Waals surface area contributed by atoms with Crippen molar-refractivity contribution < 1.29 is 18.1 Å². The fourth-order valence-electron chi connectivity index (χ4n) is 1.68. The van der Waals surface area contributed by atoms with Gasteiger partial charge in [-0.3, -0.25) is 10.1 Å². The Bertz CT molecular complexity index is 689. The zero-order chi connectivity index (χ0) is 15.6. The number of nitro benzene ring substituents is 1. The van der Waals surface area contributed by atoms with Crippen LogP contribution in [0.5, 0.6) is 0 Å². The number of halogens is 4. The molecule has 4 nitrogen and oxygen atoms in total. The van der Waals surface area contributed by atoms with E-state index in [1.54, 1.807) is 12.1 Å². The smallest absolute Gasteiger partial charge is 0.349 e. The summed E-state index contributed by atoms with van der Waals surface area (Å²) in [5.74, 6) is 0. The van der Waals surface area contributed by atoms with Gasteiger partial charge in [0.25, 0.3) is 5.69 Å². The van der Waals surface area contributed by atoms with Gasteiger partial charge in [-0.05, 0) is 24.3 Å². The lowest BCUT2D eigenvalue weighted by molar-refractivity contribution is -0.384. The highest BCUT2D eigenvalue weighted by Crippen LogP contribution is 2.37. The van der Waals surface area contributed by atoms with Crippen molar-refractivity contribution in [2.75, 3.05) is 5.32 Å². The number of nitrogens with zero attached hydrogens (tertiary/aromatic N) is 1. The number of para-hydroxylation sites is 1. The van der Waals surface area contributed by atoms with E-state index in [1.807, 2.05) is 0 Å². The van der Waals surface area contributed by atoms with E-state index >= 15 is 0 Å². The highest BCUT2D eigenvalue weighted by molar-refractivity contribution is 6.33. The Kier molecular flexibility index (Phi) is 4.04. The van der Waals surface area contributed by atoms with Crippen molar-refractivity contribution in [1.82, 2.24) is 0 Å². The molecule has 8 heteroatoms. The predicted octanol–water partition coefficient (Wildman–Crippen LogP) is 5.01. The summed E-state index contributed by atoms with van der Waals surface area (Å²) >= 11 is 5.88. The second-order valence-corrected chi connectivity index (χ2v) is 4.50. The molecule has 0 aliphatic carbocycles. The van der Waals surface area contributed by atoms with Gasteiger partial charge in [0.15, 0.2) is 0 Å². The van der Waals surface area contributed by atoms with E-state index in [-0.39, 0.29) is 16.4 Å². The second-order valence-electron chi connectivity index (χ2n) is 4.09. The minimum Gasteiger partial charge on any atom is -0.349 e. The predicted molar refractivity (Wildman–Crippen MR) is 72.8 cm³/mol. The molecule has 0 aliphatic rings. The van der Waals surface area contributed by atoms with E-state index in [2.05, 4.69) is 5.32 Å². The number of anilines is 2. The van der Waals surface area contributed by atoms with Gasteiger partial charge in [0.05, 0.1) is 21.2 Å². The van der Waals surface area contributed by atoms with E-state index in [0.29, 0.717) is 12.1 Å². The molecule has 0 aromatic heterocycles. The van der Waals surface area contributed by atoms with Gasteiger partial charge in [0, 0.05) is 6.07 Å². The van der Waals surface area contributed by atoms with Crippen molar-refractivity contribution in [3.63, 3.8) is 0 Å². The summed E-state index contributed by atoms with van der Waals surface area (Å²) in [6, 6.07) is 8.41. The molecule has 0 fully saturated rings. The maximum absolute atomic E-state index is 12.7. The van der Waals surface area contributed by atoms with Crippen LogP contribution in [0.15, 0.2) is 42.5 Å². The summed E-state index contributed by atoms with van der Waals surface area (Å²) in [7, 11) is 0. The molecule has 2 rings (SSSR count). The third-order valence-electron chi connectivity index (χ3n) is 2.66. The Morgan fingerprint density at radius 3 is 2.33 bits per heavy atom. The molecular weight excluding hydrogens is 309 g/mol. The minimum absolute atomic E-state index is 0.240. The van der Waals surface area contributed by atoms with Crippen molar-refractivity contribution >= 4 is 28.7 Å². The lowest BCUT2D eigenvalue weighted by Gasteiger charge is -2.12. The first-order chi connectivity index (χ1) is 9.79. The number of hydrogen-bond acceptors (Lipinski definition) is 3. The number of alkyl halides is 3. The molecule has 2 aromatic carbocycles. The monoisotopic (exact) mass is 316 g/mol. The summed E-state index contributed by atoms with van der Waals surface area (Å²) in [5, 5.41) is 13.7. The van der Waals surface area contributed by atoms with Gasteiger partial charge in [0.1, 0.15) is 5.69 Å². The van der Waals surface area contributed by atoms with Crippen LogP contribution in [0.2, 0.25) is 5.02 Å². The average Bonchev–Trinajstić information content (AvgIpc) is 2.40. The Morgan fingerprint density at radius 1 is 1.10 bits per heavy atom. The fourth-order valence-corrected chi connectivity index (χ4v) is 1.86. The summed E-state index contributed by atoms with van der Waals surface area (Å²) in [6.45, 7) is 0. The van der Waals surface area contributed by atoms with Crippen LogP contribution in [0.4, 0.5) is 30.2 Å². The van der Waals surface area contributed by atoms with Crippen molar-refractivity contribution in [2.24, 2.45) is 0 Å². The Hall–Kier alpha value is -2.28. The SMILES string of the molecule is O=[N+]([O-])c1ccc(C(F)(F)F)cc1Nc1ccccc1Cl. The number of nitro groups is 1. The van der Waals surface area contributed by atoms with E-state index in [1.165, 1.54) is 12.1 Å². The number of nitrogens with one attached hydrogen (secondary N) is 1. The zero-order valence-electron chi connectivity index (χ0n) is 10.3. The molecule has 0 bridgehead atoms. The molecule has 0 heterocycles. The molecule has 0 saturated heterocycles. The van der Waals surface area contributed by atoms with Gasteiger partial charge in [0.2, 0.25) is 0 Å². The van der Waals surface area contributed by atoms with Gasteiger partial charge < -0.3 is 5.32 Å². The standard InChI is InChI=1S/C13H8ClF3N2O2/c14-9-3-1-2-4-10(9)18-11-7-8(13(15,16)17)5-6-12(11)19(20)21/h1-7,18H. The van der Waals surface area contributed by atoms with Gasteiger partial charge in [-0.2, -0.15) is 13.2 Å². The molecular formula is C13H8ClF3N2O2. The highest BCUT2D eigenvalue weighted by atomic mass is 35.5. The van der Waals surface area contributed by atoms with Gasteiger partial charge >= 0.3 is 6.18 Å². The van der Waals surface area contributed by atoms with Gasteiger partial charge in [-0.15, -0.1) is 0 Å². The number of rotatable bonds is 3. The maximum atomic E-state index is 12.7. The third kappa shape index (κ3) is 3.43. The zero-order valence-corrected chi connectivity index (χ0v) is 11.1. The van der Waals surface area contributed by atoms with Crippen molar-refractivity contribution in [1.29, 1.82) is 0 Å². The first-order valence-corrected chi connectivity index (χ1v) is 6.04. The van der Waals surface area contributed by atoms with Crippen molar-refractivity contribution in [3.05, 3.63) is 63.2 Å². The van der Waals surface area contributed by atoms with Crippen molar-refractivity contribution in [3.8, 4) is 0 Å². The fraction of sp³-hybridized carbons (Fsp3) is 0.0769. The van der Waals surface area contributed by atoms with Gasteiger partial charge in [-0.25, -0.2) is 0 Å². The molecule has 21 heavy (non-hydrogen) atoms. The molecule has 0 saturated carbocycles. The summed E-state index contributed by atoms with van der Waals surface area (Å²) in [6.07, 6.45) is -4.59. The largest absolute Gasteiger partial charge is 0.416 e. The van der Waals surface area contributed by atoms with E-state index in [0.717, 1.165) is 6.07 Å². The first kappa shape index (κ1) is 15.1. The van der Waals surface area contributed by atoms with Crippen LogP contribution >= 0.6 is 11.6 Å². The molecule has 0 radical (unpaired) electrons. The Balaban J connectivity index is 2.49. The normalized spacial score (nSPS) is 11.2. The Morgan fingerprint density at radius 2 is 1.76 bits per heavy atom. The van der Waals surface area contributed by atoms with Crippen molar-refractivity contribution in [2.45, 2.75) is 6.18 Å². The Labute approximate surface area is 122 Å². The third-order valence-corrected chi connectivity index (χ3v) is 2.99. The lowest BCUT2D eigenvalue weighted by atomic mass is 10.1. The topological polar surface area (TPSA) is 55.2 Å². The molecule has 0 aliphatic heterocycles. The van der Waals surface area contributed by atoms with Crippen LogP contribution in [0.3, 0.4) is 0 Å². The molecule has 0 spiro atoms. The summed E-state index contributed by atoms with van der Waals surface area (Å²) in [5.41, 5.74) is -1.45. The highest BCUT2D eigenvalue weighted by Gasteiger charge is 2.32. The molecule has 0 amide bonds. The van der Waals surface area contributed by atoms with E-state index in [4.69, 9.17) is 11.6 Å². The molecule has 1 N–H and O–H groups in total. The van der Waals surface area contributed by atoms with Gasteiger partial charge in [-0.1, -0.05) is 23.7 Å². The quantitative estimate of drug-likeness (QED) is 0.639. The molecule has 110 valence electrons. The second kappa shape index (κ2) is 5.61. The lowest BCUT2D eigenvalue weighted by Crippen LogP contribution is -2.07. The van der Waals surface area contributed by atoms with Crippen LogP contribution < -0.4 is 5.32 Å². The van der Waals surface area contributed by atoms with E-state index < -0.39 is 22.4 Å². The van der Waals surface area contributed by atoms with E-state index in [9.17, 15) is 23.3 Å². The van der Waals surface area contributed by atoms with Crippen LogP contribution in [-0.4, -0.2) is 4.92 Å². The van der Waals surface area contributed by atoms with Crippen LogP contribution in [0, 0.1) is 10.1 Å². The summed E-state index contributed by atoms with van der Waals surface area (Å²) < 4.78 is 38.1. The number of benzene rings is 2.